The van der Waals surface area contributed by atoms with Gasteiger partial charge in [0.2, 0.25) is 0 Å². The van der Waals surface area contributed by atoms with Crippen LogP contribution < -0.4 is 5.32 Å². The number of rotatable bonds is 5. The lowest BCUT2D eigenvalue weighted by molar-refractivity contribution is 0.0942. The van der Waals surface area contributed by atoms with Crippen molar-refractivity contribution in [3.8, 4) is 0 Å². The maximum atomic E-state index is 12.1. The van der Waals surface area contributed by atoms with Crippen LogP contribution >= 0.6 is 15.9 Å². The monoisotopic (exact) mass is 307 g/mol. The Morgan fingerprint density at radius 3 is 2.39 bits per heavy atom. The largest absolute Gasteiger partial charge is 0.352 e. The molecule has 18 heavy (non-hydrogen) atoms. The van der Waals surface area contributed by atoms with Gasteiger partial charge in [-0.05, 0) is 71.5 Å². The fourth-order valence-corrected chi connectivity index (χ4v) is 3.18. The minimum Gasteiger partial charge on any atom is -0.352 e. The number of hydrogen-bond acceptors (Lipinski definition) is 1. The number of halogens is 1. The van der Waals surface area contributed by atoms with Crippen molar-refractivity contribution in [2.24, 2.45) is 17.8 Å². The van der Waals surface area contributed by atoms with E-state index in [9.17, 15) is 4.79 Å². The Labute approximate surface area is 116 Å². The molecule has 96 valence electrons. The van der Waals surface area contributed by atoms with Crippen LogP contribution in [0.2, 0.25) is 0 Å². The molecule has 2 saturated carbocycles. The highest BCUT2D eigenvalue weighted by molar-refractivity contribution is 9.10. The molecule has 0 radical (unpaired) electrons. The molecular formula is C15H18BrNO. The van der Waals surface area contributed by atoms with Gasteiger partial charge in [-0.15, -0.1) is 0 Å². The second kappa shape index (κ2) is 5.04. The molecule has 0 unspecified atom stereocenters. The highest BCUT2D eigenvalue weighted by atomic mass is 79.9. The van der Waals surface area contributed by atoms with Gasteiger partial charge in [0.15, 0.2) is 0 Å². The van der Waals surface area contributed by atoms with Gasteiger partial charge in [-0.1, -0.05) is 12.1 Å². The summed E-state index contributed by atoms with van der Waals surface area (Å²) >= 11 is 3.43. The number of carbonyl (C=O) groups is 1. The van der Waals surface area contributed by atoms with E-state index < -0.39 is 0 Å². The third-order valence-electron chi connectivity index (χ3n) is 4.07. The molecule has 0 bridgehead atoms. The molecule has 2 aliphatic rings. The molecule has 0 aromatic heterocycles. The molecule has 0 spiro atoms. The van der Waals surface area contributed by atoms with Crippen molar-refractivity contribution < 1.29 is 4.79 Å². The third-order valence-corrected chi connectivity index (χ3v) is 4.76. The molecule has 1 amide bonds. The lowest BCUT2D eigenvalue weighted by Crippen LogP contribution is -2.31. The number of carbonyl (C=O) groups excluding carboxylic acids is 1. The normalized spacial score (nSPS) is 19.0. The summed E-state index contributed by atoms with van der Waals surface area (Å²) in [6.07, 6.45) is 5.47. The lowest BCUT2D eigenvalue weighted by Gasteiger charge is -2.16. The van der Waals surface area contributed by atoms with Crippen LogP contribution in [0.25, 0.3) is 0 Å². The van der Waals surface area contributed by atoms with Gasteiger partial charge in [0.05, 0.1) is 5.56 Å². The fourth-order valence-electron chi connectivity index (χ4n) is 2.72. The Morgan fingerprint density at radius 2 is 1.83 bits per heavy atom. The molecule has 0 aliphatic heterocycles. The third kappa shape index (κ3) is 2.77. The minimum absolute atomic E-state index is 0.0498. The van der Waals surface area contributed by atoms with E-state index >= 15 is 0 Å². The van der Waals surface area contributed by atoms with Gasteiger partial charge in [0, 0.05) is 11.0 Å². The van der Waals surface area contributed by atoms with Crippen LogP contribution in [-0.2, 0) is 0 Å². The van der Waals surface area contributed by atoms with Gasteiger partial charge in [0.25, 0.3) is 5.91 Å². The Kier molecular flexibility index (Phi) is 3.42. The number of benzene rings is 1. The molecule has 2 nitrogen and oxygen atoms in total. The number of nitrogens with one attached hydrogen (secondary N) is 1. The quantitative estimate of drug-likeness (QED) is 0.884. The van der Waals surface area contributed by atoms with E-state index in [0.717, 1.165) is 34.3 Å². The molecule has 2 aliphatic carbocycles. The zero-order valence-corrected chi connectivity index (χ0v) is 11.9. The first-order valence-corrected chi connectivity index (χ1v) is 7.57. The van der Waals surface area contributed by atoms with E-state index in [1.807, 2.05) is 24.3 Å². The van der Waals surface area contributed by atoms with E-state index in [2.05, 4.69) is 21.2 Å². The summed E-state index contributed by atoms with van der Waals surface area (Å²) in [6.45, 7) is 0.857. The molecule has 3 rings (SSSR count). The average Bonchev–Trinajstić information content (AvgIpc) is 3.24. The first kappa shape index (κ1) is 12.2. The molecule has 0 atom stereocenters. The second-order valence-electron chi connectivity index (χ2n) is 5.53. The second-order valence-corrected chi connectivity index (χ2v) is 6.38. The van der Waals surface area contributed by atoms with Gasteiger partial charge < -0.3 is 5.32 Å². The predicted octanol–water partition coefficient (Wildman–Crippen LogP) is 3.62. The predicted molar refractivity (Wildman–Crippen MR) is 75.4 cm³/mol. The van der Waals surface area contributed by atoms with Crippen LogP contribution in [0.3, 0.4) is 0 Å². The van der Waals surface area contributed by atoms with Gasteiger partial charge in [-0.25, -0.2) is 0 Å². The molecule has 1 aromatic carbocycles. The molecule has 3 heteroatoms. The molecular weight excluding hydrogens is 290 g/mol. The molecule has 1 N–H and O–H groups in total. The van der Waals surface area contributed by atoms with Gasteiger partial charge in [-0.3, -0.25) is 4.79 Å². The minimum atomic E-state index is 0.0498. The summed E-state index contributed by atoms with van der Waals surface area (Å²) in [7, 11) is 0. The summed E-state index contributed by atoms with van der Waals surface area (Å²) in [5.74, 6) is 2.55. The first-order chi connectivity index (χ1) is 8.75. The molecule has 1 aromatic rings. The van der Waals surface area contributed by atoms with E-state index in [1.165, 1.54) is 25.7 Å². The van der Waals surface area contributed by atoms with Crippen molar-refractivity contribution in [2.75, 3.05) is 6.54 Å². The van der Waals surface area contributed by atoms with Crippen LogP contribution in [0, 0.1) is 17.8 Å². The van der Waals surface area contributed by atoms with Crippen molar-refractivity contribution in [2.45, 2.75) is 25.7 Å². The van der Waals surface area contributed by atoms with Gasteiger partial charge in [0.1, 0.15) is 0 Å². The topological polar surface area (TPSA) is 29.1 Å². The summed E-state index contributed by atoms with van der Waals surface area (Å²) in [4.78, 5) is 12.1. The van der Waals surface area contributed by atoms with E-state index in [-0.39, 0.29) is 5.91 Å². The van der Waals surface area contributed by atoms with Crippen molar-refractivity contribution in [3.05, 3.63) is 34.3 Å². The van der Waals surface area contributed by atoms with E-state index in [1.54, 1.807) is 0 Å². The smallest absolute Gasteiger partial charge is 0.252 e. The fraction of sp³-hybridized carbons (Fsp3) is 0.533. The highest BCUT2D eigenvalue weighted by Crippen LogP contribution is 2.48. The lowest BCUT2D eigenvalue weighted by atomic mass is 9.98. The number of hydrogen-bond donors (Lipinski definition) is 1. The zero-order valence-electron chi connectivity index (χ0n) is 10.4. The van der Waals surface area contributed by atoms with E-state index in [0.29, 0.717) is 0 Å². The molecule has 0 heterocycles. The Balaban J connectivity index is 1.59. The van der Waals surface area contributed by atoms with Crippen LogP contribution in [0.1, 0.15) is 36.0 Å². The molecule has 0 saturated heterocycles. The summed E-state index contributed by atoms with van der Waals surface area (Å²) in [5, 5.41) is 3.11. The molecule has 2 fully saturated rings. The Hall–Kier alpha value is -0.830. The van der Waals surface area contributed by atoms with Crippen LogP contribution in [0.15, 0.2) is 28.7 Å². The number of amides is 1. The average molecular weight is 308 g/mol. The highest BCUT2D eigenvalue weighted by Gasteiger charge is 2.41. The SMILES string of the molecule is O=C(NCC(C1CC1)C1CC1)c1ccccc1Br. The van der Waals surface area contributed by atoms with Crippen LogP contribution in [0.5, 0.6) is 0 Å². The van der Waals surface area contributed by atoms with E-state index in [4.69, 9.17) is 0 Å². The maximum absolute atomic E-state index is 12.1. The van der Waals surface area contributed by atoms with Crippen molar-refractivity contribution in [1.82, 2.24) is 5.32 Å². The summed E-state index contributed by atoms with van der Waals surface area (Å²) < 4.78 is 0.872. The maximum Gasteiger partial charge on any atom is 0.252 e. The zero-order chi connectivity index (χ0) is 12.5. The first-order valence-electron chi connectivity index (χ1n) is 6.78. The summed E-state index contributed by atoms with van der Waals surface area (Å²) in [6, 6.07) is 7.61. The van der Waals surface area contributed by atoms with Gasteiger partial charge >= 0.3 is 0 Å². The van der Waals surface area contributed by atoms with Crippen LogP contribution in [0.4, 0.5) is 0 Å². The van der Waals surface area contributed by atoms with Crippen molar-refractivity contribution in [1.29, 1.82) is 0 Å². The van der Waals surface area contributed by atoms with Crippen molar-refractivity contribution >= 4 is 21.8 Å². The van der Waals surface area contributed by atoms with Gasteiger partial charge in [-0.2, -0.15) is 0 Å². The summed E-state index contributed by atoms with van der Waals surface area (Å²) in [5.41, 5.74) is 0.739. The van der Waals surface area contributed by atoms with Crippen LogP contribution in [-0.4, -0.2) is 12.5 Å². The van der Waals surface area contributed by atoms with Crippen molar-refractivity contribution in [3.63, 3.8) is 0 Å². The Bertz CT molecular complexity index is 440. The Morgan fingerprint density at radius 1 is 1.22 bits per heavy atom. The standard InChI is InChI=1S/C15H18BrNO/c16-14-4-2-1-3-12(14)15(18)17-9-13(10-5-6-10)11-7-8-11/h1-4,10-11,13H,5-9H2,(H,17,18).